The van der Waals surface area contributed by atoms with Crippen molar-refractivity contribution < 1.29 is 37.7 Å². The van der Waals surface area contributed by atoms with Gasteiger partial charge in [-0.05, 0) is 48.2 Å². The lowest BCUT2D eigenvalue weighted by Crippen LogP contribution is -2.68. The first-order valence-corrected chi connectivity index (χ1v) is 10.6. The summed E-state index contributed by atoms with van der Waals surface area (Å²) in [5.74, 6) is -2.99. The smallest absolute Gasteiger partial charge is 0.480 e. The van der Waals surface area contributed by atoms with Crippen LogP contribution >= 0.6 is 0 Å². The van der Waals surface area contributed by atoms with E-state index in [2.05, 4.69) is 19.8 Å². The van der Waals surface area contributed by atoms with Crippen molar-refractivity contribution in [2.45, 2.75) is 44.6 Å². The number of anilines is 1. The Balaban J connectivity index is 1.50. The molecule has 1 unspecified atom stereocenters. The van der Waals surface area contributed by atoms with E-state index in [9.17, 15) is 28.3 Å². The number of urea groups is 1. The quantitative estimate of drug-likeness (QED) is 0.518. The number of amides is 3. The molecule has 0 bridgehead atoms. The highest BCUT2D eigenvalue weighted by Crippen LogP contribution is 2.42. The Morgan fingerprint density at radius 3 is 2.68 bits per heavy atom. The molecule has 2 aromatic rings. The van der Waals surface area contributed by atoms with Gasteiger partial charge < -0.3 is 25.6 Å². The van der Waals surface area contributed by atoms with Gasteiger partial charge in [0.2, 0.25) is 5.91 Å². The molecule has 180 valence electrons. The predicted molar refractivity (Wildman–Crippen MR) is 113 cm³/mol. The van der Waals surface area contributed by atoms with Gasteiger partial charge in [-0.15, -0.1) is 8.78 Å². The minimum absolute atomic E-state index is 0.0844. The minimum Gasteiger partial charge on any atom is -0.480 e. The highest BCUT2D eigenvalue weighted by atomic mass is 19.3. The molecule has 3 amide bonds. The van der Waals surface area contributed by atoms with E-state index < -0.39 is 42.2 Å². The molecule has 3 atom stereocenters. The molecule has 1 aromatic heterocycles. The maximum Gasteiger partial charge on any atom is 0.586 e. The number of aliphatic carboxylic acids is 1. The Morgan fingerprint density at radius 2 is 2.00 bits per heavy atom. The number of carboxylic acids is 1. The third-order valence-corrected chi connectivity index (χ3v) is 5.69. The summed E-state index contributed by atoms with van der Waals surface area (Å²) in [6, 6.07) is 4.34. The SMILES string of the molecule is CCCC(NC(=O)N1C(=O)[C@H](Cc2ccnc(N)c2)[C@H]1C(=O)O)c1ccc2c(c1)OC(F)(F)O2. The maximum atomic E-state index is 13.3. The van der Waals surface area contributed by atoms with E-state index in [1.54, 1.807) is 6.07 Å². The van der Waals surface area contributed by atoms with Crippen LogP contribution in [0.3, 0.4) is 0 Å². The number of ether oxygens (including phenoxy) is 2. The number of alkyl halides is 2. The van der Waals surface area contributed by atoms with Gasteiger partial charge in [0.05, 0.1) is 12.0 Å². The van der Waals surface area contributed by atoms with E-state index in [0.29, 0.717) is 28.9 Å². The monoisotopic (exact) mass is 476 g/mol. The van der Waals surface area contributed by atoms with Crippen LogP contribution in [0.1, 0.15) is 36.9 Å². The van der Waals surface area contributed by atoms with Gasteiger partial charge in [-0.25, -0.2) is 19.5 Å². The predicted octanol–water partition coefficient (Wildman–Crippen LogP) is 2.69. The zero-order valence-corrected chi connectivity index (χ0v) is 18.0. The van der Waals surface area contributed by atoms with Crippen molar-refractivity contribution in [3.8, 4) is 11.5 Å². The van der Waals surface area contributed by atoms with Gasteiger partial charge in [-0.1, -0.05) is 19.4 Å². The van der Waals surface area contributed by atoms with E-state index in [1.165, 1.54) is 30.5 Å². The normalized spacial score (nSPS) is 21.0. The van der Waals surface area contributed by atoms with E-state index in [4.69, 9.17) is 5.73 Å². The number of imide groups is 1. The van der Waals surface area contributed by atoms with Crippen LogP contribution in [-0.2, 0) is 16.0 Å². The van der Waals surface area contributed by atoms with Gasteiger partial charge >= 0.3 is 18.3 Å². The molecule has 2 aliphatic heterocycles. The number of carbonyl (C=O) groups excluding carboxylic acids is 2. The van der Waals surface area contributed by atoms with Gasteiger partial charge in [-0.2, -0.15) is 0 Å². The molecule has 0 radical (unpaired) electrons. The number of halogens is 2. The number of pyridine rings is 1. The molecule has 4 N–H and O–H groups in total. The molecule has 0 spiro atoms. The Labute approximate surface area is 192 Å². The number of β-lactam (4-membered cyclic amide) rings is 1. The molecule has 1 saturated heterocycles. The van der Waals surface area contributed by atoms with E-state index >= 15 is 0 Å². The van der Waals surface area contributed by atoms with Gasteiger partial charge in [0.1, 0.15) is 5.82 Å². The molecule has 12 heteroatoms. The number of rotatable bonds is 7. The molecule has 4 rings (SSSR count). The Bertz CT molecular complexity index is 1140. The van der Waals surface area contributed by atoms with Crippen LogP contribution in [0.2, 0.25) is 0 Å². The first-order chi connectivity index (χ1) is 16.1. The number of aromatic nitrogens is 1. The number of nitrogens with zero attached hydrogens (tertiary/aromatic N) is 2. The summed E-state index contributed by atoms with van der Waals surface area (Å²) in [5.41, 5.74) is 6.71. The van der Waals surface area contributed by atoms with Crippen molar-refractivity contribution >= 4 is 23.7 Å². The van der Waals surface area contributed by atoms with E-state index in [-0.39, 0.29) is 23.7 Å². The summed E-state index contributed by atoms with van der Waals surface area (Å²) in [6.07, 6.45) is -1.23. The lowest BCUT2D eigenvalue weighted by atomic mass is 9.82. The average molecular weight is 476 g/mol. The topological polar surface area (TPSA) is 144 Å². The Morgan fingerprint density at radius 1 is 1.26 bits per heavy atom. The lowest BCUT2D eigenvalue weighted by molar-refractivity contribution is -0.286. The number of hydrogen-bond acceptors (Lipinski definition) is 7. The first-order valence-electron chi connectivity index (χ1n) is 10.6. The van der Waals surface area contributed by atoms with Crippen LogP contribution in [0.4, 0.5) is 19.4 Å². The fourth-order valence-corrected chi connectivity index (χ4v) is 4.14. The number of carboxylic acid groups (broad SMARTS) is 1. The standard InChI is InChI=1S/C22H22F2N4O6/c1-2-3-14(12-4-5-15-16(10-12)34-22(23,24)33-15)27-21(32)28-18(20(30)31)13(19(28)29)8-11-6-7-26-17(25)9-11/h4-7,9-10,13-14,18H,2-3,8H2,1H3,(H2,25,26)(H,27,32)(H,30,31)/t13-,14?,18+/m1/s1. The highest BCUT2D eigenvalue weighted by molar-refractivity contribution is 6.07. The second kappa shape index (κ2) is 8.76. The van der Waals surface area contributed by atoms with Crippen molar-refractivity contribution in [2.24, 2.45) is 5.92 Å². The van der Waals surface area contributed by atoms with E-state index in [1.807, 2.05) is 6.92 Å². The first kappa shape index (κ1) is 23.2. The molecule has 10 nitrogen and oxygen atoms in total. The number of benzene rings is 1. The van der Waals surface area contributed by atoms with Crippen LogP contribution in [0, 0.1) is 5.92 Å². The number of hydrogen-bond donors (Lipinski definition) is 3. The third-order valence-electron chi connectivity index (χ3n) is 5.69. The summed E-state index contributed by atoms with van der Waals surface area (Å²) >= 11 is 0. The van der Waals surface area contributed by atoms with E-state index in [0.717, 1.165) is 0 Å². The minimum atomic E-state index is -3.78. The van der Waals surface area contributed by atoms with Crippen LogP contribution in [0.5, 0.6) is 11.5 Å². The summed E-state index contributed by atoms with van der Waals surface area (Å²) in [4.78, 5) is 42.1. The molecule has 1 fully saturated rings. The molecular weight excluding hydrogens is 454 g/mol. The second-order valence-corrected chi connectivity index (χ2v) is 8.06. The van der Waals surface area contributed by atoms with Crippen molar-refractivity contribution in [2.75, 3.05) is 5.73 Å². The number of nitrogen functional groups attached to an aromatic ring is 1. The largest absolute Gasteiger partial charge is 0.586 e. The molecule has 3 heterocycles. The van der Waals surface area contributed by atoms with Crippen LogP contribution in [-0.4, -0.2) is 45.2 Å². The van der Waals surface area contributed by atoms with Crippen LogP contribution in [0.15, 0.2) is 36.5 Å². The summed E-state index contributed by atoms with van der Waals surface area (Å²) < 4.78 is 35.5. The average Bonchev–Trinajstić information content (AvgIpc) is 3.07. The van der Waals surface area contributed by atoms with Crippen molar-refractivity contribution in [1.29, 1.82) is 0 Å². The van der Waals surface area contributed by atoms with Crippen LogP contribution in [0.25, 0.3) is 0 Å². The zero-order chi connectivity index (χ0) is 24.6. The molecule has 2 aliphatic rings. The molecule has 0 saturated carbocycles. The number of carbonyl (C=O) groups is 3. The Kier molecular flexibility index (Phi) is 5.98. The summed E-state index contributed by atoms with van der Waals surface area (Å²) in [6.45, 7) is 1.85. The van der Waals surface area contributed by atoms with Gasteiger partial charge in [0, 0.05) is 6.20 Å². The number of nitrogens with two attached hydrogens (primary N) is 1. The molecule has 34 heavy (non-hydrogen) atoms. The highest BCUT2D eigenvalue weighted by Gasteiger charge is 2.55. The molecule has 0 aliphatic carbocycles. The second-order valence-electron chi connectivity index (χ2n) is 8.06. The summed E-state index contributed by atoms with van der Waals surface area (Å²) in [7, 11) is 0. The Hall–Kier alpha value is -3.96. The van der Waals surface area contributed by atoms with Gasteiger partial charge in [0.25, 0.3) is 0 Å². The van der Waals surface area contributed by atoms with Crippen LogP contribution < -0.4 is 20.5 Å². The van der Waals surface area contributed by atoms with Crippen molar-refractivity contribution in [3.05, 3.63) is 47.7 Å². The fourth-order valence-electron chi connectivity index (χ4n) is 4.14. The molecular formula is C22H22F2N4O6. The lowest BCUT2D eigenvalue weighted by Gasteiger charge is -2.43. The fraction of sp³-hybridized carbons (Fsp3) is 0.364. The molecule has 1 aromatic carbocycles. The summed E-state index contributed by atoms with van der Waals surface area (Å²) in [5, 5.41) is 12.3. The maximum absolute atomic E-state index is 13.3. The van der Waals surface area contributed by atoms with Crippen molar-refractivity contribution in [1.82, 2.24) is 15.2 Å². The van der Waals surface area contributed by atoms with Gasteiger partial charge in [-0.3, -0.25) is 4.79 Å². The van der Waals surface area contributed by atoms with Crippen molar-refractivity contribution in [3.63, 3.8) is 0 Å². The number of fused-ring (bicyclic) bond motifs is 1. The zero-order valence-electron chi connectivity index (χ0n) is 18.0. The van der Waals surface area contributed by atoms with Gasteiger partial charge in [0.15, 0.2) is 17.5 Å². The number of likely N-dealkylation sites (tertiary alicyclic amines) is 1. The third kappa shape index (κ3) is 4.43. The number of nitrogens with one attached hydrogen (secondary N) is 1.